The number of amides is 1. The Bertz CT molecular complexity index is 1150. The number of hydrogen-bond donors (Lipinski definition) is 3. The van der Waals surface area contributed by atoms with E-state index < -0.39 is 0 Å². The molecule has 0 saturated carbocycles. The van der Waals surface area contributed by atoms with Crippen molar-refractivity contribution in [3.05, 3.63) is 54.0 Å². The van der Waals surface area contributed by atoms with Crippen LogP contribution in [0.3, 0.4) is 0 Å². The maximum Gasteiger partial charge on any atom is 0.271 e. The molecule has 4 rings (SSSR count). The molecule has 1 aliphatic heterocycles. The number of carbonyl (C=O) groups is 1. The van der Waals surface area contributed by atoms with Crippen LogP contribution in [0, 0.1) is 0 Å². The van der Waals surface area contributed by atoms with Crippen molar-refractivity contribution in [2.24, 2.45) is 17.9 Å². The minimum absolute atomic E-state index is 0.0909. The predicted octanol–water partition coefficient (Wildman–Crippen LogP) is 2.65. The van der Waals surface area contributed by atoms with Crippen molar-refractivity contribution in [2.75, 3.05) is 13.2 Å². The van der Waals surface area contributed by atoms with Crippen molar-refractivity contribution in [2.45, 2.75) is 25.9 Å². The molecule has 0 aliphatic carbocycles. The molecule has 9 nitrogen and oxygen atoms in total. The lowest BCUT2D eigenvalue weighted by atomic mass is 10.1. The Morgan fingerprint density at radius 1 is 1.45 bits per heavy atom. The zero-order valence-electron chi connectivity index (χ0n) is 17.6. The van der Waals surface area contributed by atoms with E-state index in [1.54, 1.807) is 17.7 Å². The van der Waals surface area contributed by atoms with Crippen LogP contribution in [0.4, 0.5) is 0 Å². The highest BCUT2D eigenvalue weighted by Gasteiger charge is 2.19. The number of H-pyrrole nitrogens is 1. The van der Waals surface area contributed by atoms with Gasteiger partial charge in [0.05, 0.1) is 11.8 Å². The average Bonchev–Trinajstić information content (AvgIpc) is 3.48. The number of aliphatic imine (C=N–C) groups is 1. The Labute approximate surface area is 179 Å². The molecule has 1 saturated heterocycles. The molecule has 31 heavy (non-hydrogen) atoms. The predicted molar refractivity (Wildman–Crippen MR) is 118 cm³/mol. The van der Waals surface area contributed by atoms with E-state index in [9.17, 15) is 4.79 Å². The first-order chi connectivity index (χ1) is 14.9. The fourth-order valence-corrected chi connectivity index (χ4v) is 3.68. The molecule has 1 atom stereocenters. The van der Waals surface area contributed by atoms with Crippen molar-refractivity contribution >= 4 is 22.7 Å². The van der Waals surface area contributed by atoms with Gasteiger partial charge in [-0.3, -0.25) is 9.48 Å². The lowest BCUT2D eigenvalue weighted by Gasteiger charge is -2.09. The standard InChI is InChI=1S/C22H26N6O3/c1-13(2)25-22(31-23)19-10-15-9-14(6-7-17(15)26-19)20-11-18(27-28(20)3)21(29)24-12-16-5-4-8-30-16/h6-7,9-11,16,26H,1,4-5,8,12,23H2,2-3H3,(H,24,29). The van der Waals surface area contributed by atoms with Crippen LogP contribution in [0.5, 0.6) is 0 Å². The third kappa shape index (κ3) is 4.52. The van der Waals surface area contributed by atoms with E-state index in [0.717, 1.165) is 41.6 Å². The van der Waals surface area contributed by atoms with E-state index in [-0.39, 0.29) is 17.9 Å². The van der Waals surface area contributed by atoms with Crippen LogP contribution in [0.1, 0.15) is 35.9 Å². The van der Waals surface area contributed by atoms with Gasteiger partial charge in [0.1, 0.15) is 5.69 Å². The number of aromatic nitrogens is 3. The number of rotatable bonds is 6. The third-order valence-corrected chi connectivity index (χ3v) is 5.18. The zero-order chi connectivity index (χ0) is 22.0. The highest BCUT2D eigenvalue weighted by atomic mass is 16.6. The summed E-state index contributed by atoms with van der Waals surface area (Å²) in [5.74, 6) is 5.42. The first-order valence-corrected chi connectivity index (χ1v) is 10.1. The van der Waals surface area contributed by atoms with Gasteiger partial charge in [0, 0.05) is 42.4 Å². The molecule has 4 N–H and O–H groups in total. The molecule has 3 aromatic rings. The zero-order valence-corrected chi connectivity index (χ0v) is 17.6. The summed E-state index contributed by atoms with van der Waals surface area (Å²) in [6, 6.07) is 9.62. The number of aromatic amines is 1. The molecule has 162 valence electrons. The largest absolute Gasteiger partial charge is 0.389 e. The number of fused-ring (bicyclic) bond motifs is 1. The van der Waals surface area contributed by atoms with Gasteiger partial charge in [-0.2, -0.15) is 11.0 Å². The molecule has 2 aromatic heterocycles. The number of aryl methyl sites for hydroxylation is 1. The summed E-state index contributed by atoms with van der Waals surface area (Å²) in [5.41, 5.74) is 4.27. The number of carbonyl (C=O) groups excluding carboxylic acids is 1. The Hall–Kier alpha value is -3.43. The van der Waals surface area contributed by atoms with Gasteiger partial charge in [-0.25, -0.2) is 4.99 Å². The average molecular weight is 422 g/mol. The molecule has 1 aliphatic rings. The first-order valence-electron chi connectivity index (χ1n) is 10.1. The summed E-state index contributed by atoms with van der Waals surface area (Å²) >= 11 is 0. The van der Waals surface area contributed by atoms with Gasteiger partial charge in [-0.1, -0.05) is 12.6 Å². The number of benzene rings is 1. The summed E-state index contributed by atoms with van der Waals surface area (Å²) in [6.45, 7) is 6.77. The summed E-state index contributed by atoms with van der Waals surface area (Å²) in [7, 11) is 1.82. The van der Waals surface area contributed by atoms with Gasteiger partial charge in [0.15, 0.2) is 5.69 Å². The number of hydrogen-bond acceptors (Lipinski definition) is 6. The molecule has 1 unspecified atom stereocenters. The first kappa shape index (κ1) is 20.8. The van der Waals surface area contributed by atoms with Gasteiger partial charge >= 0.3 is 0 Å². The summed E-state index contributed by atoms with van der Waals surface area (Å²) in [4.78, 5) is 24.8. The van der Waals surface area contributed by atoms with Crippen LogP contribution in [0.15, 0.2) is 47.6 Å². The second-order valence-electron chi connectivity index (χ2n) is 7.64. The van der Waals surface area contributed by atoms with Crippen molar-refractivity contribution in [3.63, 3.8) is 0 Å². The lowest BCUT2D eigenvalue weighted by Crippen LogP contribution is -2.32. The SMILES string of the molecule is C=C(C)N=C(ON)c1cc2cc(-c3cc(C(=O)NCC4CCCO4)nn3C)ccc2[nH]1. The van der Waals surface area contributed by atoms with Crippen molar-refractivity contribution in [1.29, 1.82) is 0 Å². The van der Waals surface area contributed by atoms with Crippen LogP contribution in [0.2, 0.25) is 0 Å². The Morgan fingerprint density at radius 2 is 2.29 bits per heavy atom. The molecular weight excluding hydrogens is 396 g/mol. The van der Waals surface area contributed by atoms with Gasteiger partial charge in [0.2, 0.25) is 0 Å². The number of allylic oxidation sites excluding steroid dienone is 1. The fourth-order valence-electron chi connectivity index (χ4n) is 3.68. The van der Waals surface area contributed by atoms with Crippen LogP contribution < -0.4 is 11.2 Å². The fraction of sp³-hybridized carbons (Fsp3) is 0.318. The van der Waals surface area contributed by atoms with E-state index in [1.165, 1.54) is 0 Å². The Kier molecular flexibility index (Phi) is 5.88. The quantitative estimate of drug-likeness (QED) is 0.320. The van der Waals surface area contributed by atoms with Gasteiger partial charge in [-0.15, -0.1) is 0 Å². The number of nitrogens with zero attached hydrogens (tertiary/aromatic N) is 3. The molecule has 1 fully saturated rings. The second kappa shape index (κ2) is 8.75. The molecule has 9 heteroatoms. The van der Waals surface area contributed by atoms with E-state index in [2.05, 4.69) is 27.0 Å². The van der Waals surface area contributed by atoms with E-state index in [0.29, 0.717) is 23.6 Å². The van der Waals surface area contributed by atoms with Crippen molar-refractivity contribution in [3.8, 4) is 11.3 Å². The molecule has 1 amide bonds. The molecule has 0 spiro atoms. The Balaban J connectivity index is 1.57. The minimum Gasteiger partial charge on any atom is -0.389 e. The highest BCUT2D eigenvalue weighted by Crippen LogP contribution is 2.26. The van der Waals surface area contributed by atoms with Gasteiger partial charge in [-0.05, 0) is 44.0 Å². The van der Waals surface area contributed by atoms with Gasteiger partial charge < -0.3 is 19.9 Å². The maximum atomic E-state index is 12.5. The van der Waals surface area contributed by atoms with Crippen LogP contribution in [-0.4, -0.2) is 45.8 Å². The van der Waals surface area contributed by atoms with Gasteiger partial charge in [0.25, 0.3) is 11.8 Å². The molecular formula is C22H26N6O3. The van der Waals surface area contributed by atoms with Crippen molar-refractivity contribution in [1.82, 2.24) is 20.1 Å². The molecule has 3 heterocycles. The van der Waals surface area contributed by atoms with Crippen LogP contribution in [0.25, 0.3) is 22.2 Å². The molecule has 0 radical (unpaired) electrons. The number of nitrogens with two attached hydrogens (primary N) is 1. The topological polar surface area (TPSA) is 120 Å². The molecule has 0 bridgehead atoms. The molecule has 1 aromatic carbocycles. The van der Waals surface area contributed by atoms with Crippen LogP contribution >= 0.6 is 0 Å². The van der Waals surface area contributed by atoms with E-state index in [4.69, 9.17) is 15.5 Å². The minimum atomic E-state index is -0.205. The summed E-state index contributed by atoms with van der Waals surface area (Å²) in [6.07, 6.45) is 2.10. The lowest BCUT2D eigenvalue weighted by molar-refractivity contribution is 0.0853. The number of ether oxygens (including phenoxy) is 1. The number of nitrogens with one attached hydrogen (secondary N) is 2. The third-order valence-electron chi connectivity index (χ3n) is 5.18. The van der Waals surface area contributed by atoms with Crippen molar-refractivity contribution < 1.29 is 14.4 Å². The Morgan fingerprint density at radius 3 is 3.00 bits per heavy atom. The second-order valence-corrected chi connectivity index (χ2v) is 7.64. The monoisotopic (exact) mass is 422 g/mol. The van der Waals surface area contributed by atoms with E-state index in [1.807, 2.05) is 31.3 Å². The highest BCUT2D eigenvalue weighted by molar-refractivity contribution is 5.99. The summed E-state index contributed by atoms with van der Waals surface area (Å²) in [5, 5.41) is 8.24. The smallest absolute Gasteiger partial charge is 0.271 e. The maximum absolute atomic E-state index is 12.5. The van der Waals surface area contributed by atoms with E-state index >= 15 is 0 Å². The summed E-state index contributed by atoms with van der Waals surface area (Å²) < 4.78 is 7.25. The van der Waals surface area contributed by atoms with Crippen LogP contribution in [-0.2, 0) is 16.6 Å². The normalized spacial score (nSPS) is 16.6.